The van der Waals surface area contributed by atoms with E-state index in [0.29, 0.717) is 32.3 Å². The first-order valence-electron chi connectivity index (χ1n) is 16.2. The minimum Gasteiger partial charge on any atom is -0.493 e. The van der Waals surface area contributed by atoms with Crippen LogP contribution in [0.15, 0.2) is 72.3 Å². The second kappa shape index (κ2) is 13.0. The second-order valence-electron chi connectivity index (χ2n) is 12.9. The summed E-state index contributed by atoms with van der Waals surface area (Å²) in [6.45, 7) is 10.5. The zero-order valence-corrected chi connectivity index (χ0v) is 26.6. The lowest BCUT2D eigenvalue weighted by Gasteiger charge is -2.44. The summed E-state index contributed by atoms with van der Waals surface area (Å²) in [5, 5.41) is 3.71. The molecule has 6 nitrogen and oxygen atoms in total. The maximum absolute atomic E-state index is 14.5. The molecular weight excluding hydrogens is 546 g/mol. The van der Waals surface area contributed by atoms with E-state index in [4.69, 9.17) is 4.74 Å². The normalized spacial score (nSPS) is 19.6. The van der Waals surface area contributed by atoms with Gasteiger partial charge in [0, 0.05) is 50.6 Å². The highest BCUT2D eigenvalue weighted by atomic mass is 16.5. The minimum atomic E-state index is -0.166. The van der Waals surface area contributed by atoms with Crippen LogP contribution in [0.2, 0.25) is 0 Å². The van der Waals surface area contributed by atoms with Crippen LogP contribution in [0, 0.1) is 20.8 Å². The quantitative estimate of drug-likeness (QED) is 0.323. The largest absolute Gasteiger partial charge is 0.493 e. The zero-order valence-electron chi connectivity index (χ0n) is 26.6. The number of carbonyl (C=O) groups excluding carboxylic acids is 2. The van der Waals surface area contributed by atoms with Crippen molar-refractivity contribution >= 4 is 17.4 Å². The van der Waals surface area contributed by atoms with Crippen molar-refractivity contribution in [1.29, 1.82) is 0 Å². The van der Waals surface area contributed by atoms with Crippen LogP contribution in [-0.2, 0) is 22.4 Å². The van der Waals surface area contributed by atoms with Crippen LogP contribution in [0.25, 0.3) is 5.57 Å². The van der Waals surface area contributed by atoms with Gasteiger partial charge < -0.3 is 19.9 Å². The molecule has 3 aliphatic rings. The molecule has 6 rings (SSSR count). The monoisotopic (exact) mass is 591 g/mol. The first-order chi connectivity index (χ1) is 21.3. The summed E-state index contributed by atoms with van der Waals surface area (Å²) in [7, 11) is 0. The van der Waals surface area contributed by atoms with E-state index in [-0.39, 0.29) is 23.9 Å². The third-order valence-corrected chi connectivity index (χ3v) is 9.53. The Labute approximate surface area is 262 Å². The van der Waals surface area contributed by atoms with Gasteiger partial charge in [-0.2, -0.15) is 0 Å². The van der Waals surface area contributed by atoms with Crippen LogP contribution in [0.1, 0.15) is 59.6 Å². The second-order valence-corrected chi connectivity index (χ2v) is 12.9. The number of benzene rings is 3. The molecule has 2 aliphatic heterocycles. The molecule has 2 fully saturated rings. The fraction of sp³-hybridized carbons (Fsp3) is 0.421. The summed E-state index contributed by atoms with van der Waals surface area (Å²) in [4.78, 5) is 30.9. The molecule has 2 atom stereocenters. The van der Waals surface area contributed by atoms with Gasteiger partial charge in [-0.15, -0.1) is 0 Å². The predicted octanol–water partition coefficient (Wildman–Crippen LogP) is 5.81. The average molecular weight is 592 g/mol. The van der Waals surface area contributed by atoms with Gasteiger partial charge in [-0.05, 0) is 91.5 Å². The average Bonchev–Trinajstić information content (AvgIpc) is 3.85. The number of rotatable bonds is 10. The number of amides is 2. The Morgan fingerprint density at radius 2 is 1.66 bits per heavy atom. The van der Waals surface area contributed by atoms with Gasteiger partial charge in [-0.3, -0.25) is 9.59 Å². The fourth-order valence-electron chi connectivity index (χ4n) is 6.81. The molecule has 0 spiro atoms. The molecule has 1 saturated heterocycles. The molecular formula is C38H45N3O3. The molecule has 2 heterocycles. The minimum absolute atomic E-state index is 0.0717. The predicted molar refractivity (Wildman–Crippen MR) is 176 cm³/mol. The highest BCUT2D eigenvalue weighted by Gasteiger charge is 2.42. The lowest BCUT2D eigenvalue weighted by atomic mass is 9.82. The van der Waals surface area contributed by atoms with Crippen LogP contribution in [0.5, 0.6) is 5.75 Å². The maximum atomic E-state index is 14.5. The van der Waals surface area contributed by atoms with Gasteiger partial charge in [-0.1, -0.05) is 60.7 Å². The van der Waals surface area contributed by atoms with Gasteiger partial charge >= 0.3 is 0 Å². The Morgan fingerprint density at radius 1 is 0.932 bits per heavy atom. The molecule has 6 heteroatoms. The van der Waals surface area contributed by atoms with E-state index in [1.54, 1.807) is 6.92 Å². The molecule has 0 radical (unpaired) electrons. The number of hydrogen-bond acceptors (Lipinski definition) is 4. The third kappa shape index (κ3) is 6.76. The molecule has 1 N–H and O–H groups in total. The van der Waals surface area contributed by atoms with Gasteiger partial charge in [0.1, 0.15) is 5.75 Å². The Hall–Kier alpha value is -3.90. The van der Waals surface area contributed by atoms with E-state index in [9.17, 15) is 9.59 Å². The van der Waals surface area contributed by atoms with Crippen molar-refractivity contribution in [3.05, 3.63) is 106 Å². The SMILES string of the molecule is CC(=O)N1CC2CC(c3ccc(CCOc4cc(C)cc(C)c4C)cc3)=C(C(=O)N(CCc3ccccc3)C3CC3)[C@@H](C1)N2. The molecule has 3 aromatic carbocycles. The first-order valence-corrected chi connectivity index (χ1v) is 16.2. The highest BCUT2D eigenvalue weighted by Crippen LogP contribution is 2.37. The van der Waals surface area contributed by atoms with Crippen molar-refractivity contribution in [2.45, 2.75) is 77.9 Å². The van der Waals surface area contributed by atoms with E-state index in [2.05, 4.69) is 91.7 Å². The number of hydrogen-bond donors (Lipinski definition) is 1. The first kappa shape index (κ1) is 30.1. The summed E-state index contributed by atoms with van der Waals surface area (Å²) >= 11 is 0. The van der Waals surface area contributed by atoms with Crippen molar-refractivity contribution in [3.8, 4) is 5.75 Å². The lowest BCUT2D eigenvalue weighted by molar-refractivity contribution is -0.132. The van der Waals surface area contributed by atoms with E-state index in [1.165, 1.54) is 27.8 Å². The van der Waals surface area contributed by atoms with E-state index >= 15 is 0 Å². The molecule has 1 aliphatic carbocycles. The molecule has 0 aromatic heterocycles. The van der Waals surface area contributed by atoms with Gasteiger partial charge in [0.05, 0.1) is 12.6 Å². The zero-order chi connectivity index (χ0) is 30.8. The van der Waals surface area contributed by atoms with Crippen molar-refractivity contribution in [2.75, 3.05) is 26.2 Å². The van der Waals surface area contributed by atoms with Crippen LogP contribution < -0.4 is 10.1 Å². The Balaban J connectivity index is 1.24. The highest BCUT2D eigenvalue weighted by molar-refractivity contribution is 6.03. The van der Waals surface area contributed by atoms with E-state index in [1.807, 2.05) is 11.0 Å². The molecule has 3 aromatic rings. The van der Waals surface area contributed by atoms with Crippen molar-refractivity contribution < 1.29 is 14.3 Å². The maximum Gasteiger partial charge on any atom is 0.252 e. The van der Waals surface area contributed by atoms with Crippen molar-refractivity contribution in [2.24, 2.45) is 0 Å². The third-order valence-electron chi connectivity index (χ3n) is 9.53. The van der Waals surface area contributed by atoms with Crippen molar-refractivity contribution in [1.82, 2.24) is 15.1 Å². The van der Waals surface area contributed by atoms with Crippen molar-refractivity contribution in [3.63, 3.8) is 0 Å². The summed E-state index contributed by atoms with van der Waals surface area (Å²) in [6, 6.07) is 23.7. The Morgan fingerprint density at radius 3 is 2.36 bits per heavy atom. The molecule has 1 unspecified atom stereocenters. The number of ether oxygens (including phenoxy) is 1. The standard InChI is InChI=1S/C38H45N3O3/c1-25-20-26(2)27(3)36(21-25)44-19-17-30-10-12-31(13-11-30)34-22-32-23-40(28(4)42)24-35(39-32)37(34)38(43)41(33-14-15-33)18-16-29-8-6-5-7-9-29/h5-13,20-21,32-33,35,39H,14-19,22-24H2,1-4H3/t32?,35-/m1/s1. The van der Waals surface area contributed by atoms with Crippen LogP contribution >= 0.6 is 0 Å². The van der Waals surface area contributed by atoms with Gasteiger partial charge in [0.25, 0.3) is 5.91 Å². The topological polar surface area (TPSA) is 61.9 Å². The Kier molecular flexibility index (Phi) is 8.90. The van der Waals surface area contributed by atoms with E-state index in [0.717, 1.165) is 54.6 Å². The number of nitrogens with zero attached hydrogens (tertiary/aromatic N) is 2. The molecule has 230 valence electrons. The van der Waals surface area contributed by atoms with Crippen LogP contribution in [0.3, 0.4) is 0 Å². The van der Waals surface area contributed by atoms with E-state index < -0.39 is 0 Å². The lowest BCUT2D eigenvalue weighted by Crippen LogP contribution is -2.62. The number of piperazine rings is 1. The number of carbonyl (C=O) groups is 2. The van der Waals surface area contributed by atoms with Gasteiger partial charge in [0.15, 0.2) is 0 Å². The number of aryl methyl sites for hydroxylation is 2. The number of fused-ring (bicyclic) bond motifs is 2. The van der Waals surface area contributed by atoms with Gasteiger partial charge in [0.2, 0.25) is 5.91 Å². The summed E-state index contributed by atoms with van der Waals surface area (Å²) in [5.41, 5.74) is 9.19. The summed E-state index contributed by atoms with van der Waals surface area (Å²) in [5.74, 6) is 1.16. The smallest absolute Gasteiger partial charge is 0.252 e. The fourth-order valence-corrected chi connectivity index (χ4v) is 6.81. The molecule has 2 bridgehead atoms. The molecule has 44 heavy (non-hydrogen) atoms. The Bertz CT molecular complexity index is 1540. The van der Waals surface area contributed by atoms with Gasteiger partial charge in [-0.25, -0.2) is 0 Å². The van der Waals surface area contributed by atoms with Crippen LogP contribution in [-0.4, -0.2) is 66.0 Å². The van der Waals surface area contributed by atoms with Crippen LogP contribution in [0.4, 0.5) is 0 Å². The summed E-state index contributed by atoms with van der Waals surface area (Å²) in [6.07, 6.45) is 4.49. The summed E-state index contributed by atoms with van der Waals surface area (Å²) < 4.78 is 6.19. The molecule has 1 saturated carbocycles. The molecule has 2 amide bonds. The number of nitrogens with one attached hydrogen (secondary N) is 1.